The third-order valence-corrected chi connectivity index (χ3v) is 3.44. The van der Waals surface area contributed by atoms with Gasteiger partial charge in [-0.05, 0) is 24.7 Å². The van der Waals surface area contributed by atoms with E-state index in [2.05, 4.69) is 0 Å². The van der Waals surface area contributed by atoms with Crippen molar-refractivity contribution in [3.8, 4) is 0 Å². The molecule has 1 fully saturated rings. The van der Waals surface area contributed by atoms with E-state index in [1.807, 2.05) is 11.9 Å². The van der Waals surface area contributed by atoms with Gasteiger partial charge in [-0.25, -0.2) is 4.39 Å². The van der Waals surface area contributed by atoms with Gasteiger partial charge < -0.3 is 4.90 Å². The van der Waals surface area contributed by atoms with Gasteiger partial charge in [-0.1, -0.05) is 12.1 Å². The molecule has 0 unspecified atom stereocenters. The van der Waals surface area contributed by atoms with E-state index >= 15 is 0 Å². The lowest BCUT2D eigenvalue weighted by Gasteiger charge is -2.28. The first kappa shape index (κ1) is 14.7. The zero-order valence-electron chi connectivity index (χ0n) is 11.6. The number of piperidine rings is 1. The molecule has 1 aromatic carbocycles. The number of hydrogen-bond acceptors (Lipinski definition) is 3. The topological polar surface area (TPSA) is 40.6 Å². The summed E-state index contributed by atoms with van der Waals surface area (Å²) in [5.74, 6) is 0.0151. The summed E-state index contributed by atoms with van der Waals surface area (Å²) in [6.45, 7) is 1.97. The predicted octanol–water partition coefficient (Wildman–Crippen LogP) is 1.45. The smallest absolute Gasteiger partial charge is 0.236 e. The lowest BCUT2D eigenvalue weighted by Crippen LogP contribution is -2.43. The summed E-state index contributed by atoms with van der Waals surface area (Å²) in [7, 11) is 1.86. The van der Waals surface area contributed by atoms with Gasteiger partial charge in [0.05, 0.1) is 6.54 Å². The molecule has 0 aliphatic carbocycles. The van der Waals surface area contributed by atoms with Crippen LogP contribution in [0.2, 0.25) is 0 Å². The number of carbonyl (C=O) groups is 2. The summed E-state index contributed by atoms with van der Waals surface area (Å²) in [5.41, 5.74) is 0.968. The zero-order chi connectivity index (χ0) is 14.5. The van der Waals surface area contributed by atoms with Gasteiger partial charge in [0, 0.05) is 32.5 Å². The molecule has 0 spiro atoms. The number of Topliss-reactive ketones (excluding diaryl/α,β-unsaturated/α-hetero) is 1. The van der Waals surface area contributed by atoms with E-state index in [1.165, 1.54) is 12.1 Å². The highest BCUT2D eigenvalue weighted by molar-refractivity contribution is 5.84. The number of ketones is 1. The van der Waals surface area contributed by atoms with Crippen LogP contribution < -0.4 is 0 Å². The molecule has 108 valence electrons. The Kier molecular flexibility index (Phi) is 4.84. The van der Waals surface area contributed by atoms with Gasteiger partial charge in [0.25, 0.3) is 0 Å². The summed E-state index contributed by atoms with van der Waals surface area (Å²) in [6.07, 6.45) is 0.931. The van der Waals surface area contributed by atoms with Gasteiger partial charge in [0.2, 0.25) is 5.91 Å². The van der Waals surface area contributed by atoms with Gasteiger partial charge in [-0.2, -0.15) is 0 Å². The van der Waals surface area contributed by atoms with Gasteiger partial charge in [0.1, 0.15) is 11.6 Å². The number of rotatable bonds is 4. The molecule has 1 aliphatic heterocycles. The third-order valence-electron chi connectivity index (χ3n) is 3.44. The Labute approximate surface area is 118 Å². The zero-order valence-corrected chi connectivity index (χ0v) is 11.6. The molecule has 4 nitrogen and oxygen atoms in total. The number of benzene rings is 1. The van der Waals surface area contributed by atoms with Crippen molar-refractivity contribution < 1.29 is 14.0 Å². The Hall–Kier alpha value is -1.75. The molecule has 1 saturated heterocycles. The largest absolute Gasteiger partial charge is 0.341 e. The van der Waals surface area contributed by atoms with Crippen LogP contribution in [-0.2, 0) is 16.1 Å². The summed E-state index contributed by atoms with van der Waals surface area (Å²) in [5, 5.41) is 0. The van der Waals surface area contributed by atoms with Gasteiger partial charge in [0.15, 0.2) is 0 Å². The van der Waals surface area contributed by atoms with E-state index in [1.54, 1.807) is 17.0 Å². The first-order chi connectivity index (χ1) is 9.54. The van der Waals surface area contributed by atoms with Crippen LogP contribution in [0.1, 0.15) is 18.4 Å². The highest BCUT2D eigenvalue weighted by Gasteiger charge is 2.21. The number of halogens is 1. The third kappa shape index (κ3) is 4.13. The first-order valence-corrected chi connectivity index (χ1v) is 6.77. The van der Waals surface area contributed by atoms with Crippen LogP contribution in [0.4, 0.5) is 4.39 Å². The highest BCUT2D eigenvalue weighted by Crippen LogP contribution is 2.08. The van der Waals surface area contributed by atoms with Crippen LogP contribution in [0.5, 0.6) is 0 Å². The molecule has 0 saturated carbocycles. The Balaban J connectivity index is 1.81. The van der Waals surface area contributed by atoms with Crippen molar-refractivity contribution in [2.24, 2.45) is 0 Å². The number of likely N-dealkylation sites (N-methyl/N-ethyl adjacent to an activating group) is 1. The van der Waals surface area contributed by atoms with Crippen molar-refractivity contribution in [1.82, 2.24) is 9.80 Å². The average molecular weight is 278 g/mol. The van der Waals surface area contributed by atoms with Crippen LogP contribution in [0.15, 0.2) is 24.3 Å². The molecule has 2 rings (SSSR count). The van der Waals surface area contributed by atoms with Crippen molar-refractivity contribution in [1.29, 1.82) is 0 Å². The Bertz CT molecular complexity index is 477. The molecular weight excluding hydrogens is 259 g/mol. The number of carbonyl (C=O) groups excluding carboxylic acids is 2. The summed E-state index contributed by atoms with van der Waals surface area (Å²) >= 11 is 0. The van der Waals surface area contributed by atoms with E-state index in [-0.39, 0.29) is 17.5 Å². The van der Waals surface area contributed by atoms with Crippen molar-refractivity contribution in [2.45, 2.75) is 19.4 Å². The minimum atomic E-state index is -0.259. The van der Waals surface area contributed by atoms with Crippen molar-refractivity contribution in [3.63, 3.8) is 0 Å². The standard InChI is InChI=1S/C15H19FN2O2/c1-17(10-12-2-4-13(16)5-3-12)11-15(20)18-8-6-14(19)7-9-18/h2-5H,6-11H2,1H3. The Morgan fingerprint density at radius 1 is 1.25 bits per heavy atom. The highest BCUT2D eigenvalue weighted by atomic mass is 19.1. The fourth-order valence-corrected chi connectivity index (χ4v) is 2.29. The maximum atomic E-state index is 12.8. The molecule has 5 heteroatoms. The van der Waals surface area contributed by atoms with Crippen LogP contribution in [-0.4, -0.2) is 48.2 Å². The molecule has 0 N–H and O–H groups in total. The van der Waals surface area contributed by atoms with Crippen LogP contribution in [0.25, 0.3) is 0 Å². The van der Waals surface area contributed by atoms with E-state index in [9.17, 15) is 14.0 Å². The Morgan fingerprint density at radius 3 is 2.45 bits per heavy atom. The molecule has 0 aromatic heterocycles. The van der Waals surface area contributed by atoms with E-state index < -0.39 is 0 Å². The molecule has 0 bridgehead atoms. The summed E-state index contributed by atoms with van der Waals surface area (Å²) < 4.78 is 12.8. The molecule has 0 radical (unpaired) electrons. The molecule has 1 aliphatic rings. The molecule has 1 aromatic rings. The van der Waals surface area contributed by atoms with Crippen LogP contribution in [0, 0.1) is 5.82 Å². The quantitative estimate of drug-likeness (QED) is 0.837. The van der Waals surface area contributed by atoms with Crippen molar-refractivity contribution >= 4 is 11.7 Å². The summed E-state index contributed by atoms with van der Waals surface area (Å²) in [4.78, 5) is 26.8. The fraction of sp³-hybridized carbons (Fsp3) is 0.467. The number of nitrogens with zero attached hydrogens (tertiary/aromatic N) is 2. The van der Waals surface area contributed by atoms with Crippen molar-refractivity contribution in [3.05, 3.63) is 35.6 Å². The predicted molar refractivity (Wildman–Crippen MR) is 73.6 cm³/mol. The first-order valence-electron chi connectivity index (χ1n) is 6.77. The fourth-order valence-electron chi connectivity index (χ4n) is 2.29. The van der Waals surface area contributed by atoms with Crippen molar-refractivity contribution in [2.75, 3.05) is 26.7 Å². The minimum Gasteiger partial charge on any atom is -0.341 e. The second-order valence-electron chi connectivity index (χ2n) is 5.22. The lowest BCUT2D eigenvalue weighted by molar-refractivity contribution is -0.135. The van der Waals surface area contributed by atoms with Crippen LogP contribution in [0.3, 0.4) is 0 Å². The van der Waals surface area contributed by atoms with E-state index in [0.29, 0.717) is 39.0 Å². The molecular formula is C15H19FN2O2. The van der Waals surface area contributed by atoms with Gasteiger partial charge >= 0.3 is 0 Å². The average Bonchev–Trinajstić information content (AvgIpc) is 2.42. The Morgan fingerprint density at radius 2 is 1.85 bits per heavy atom. The SMILES string of the molecule is CN(CC(=O)N1CCC(=O)CC1)Cc1ccc(F)cc1. The van der Waals surface area contributed by atoms with E-state index in [4.69, 9.17) is 0 Å². The number of likely N-dealkylation sites (tertiary alicyclic amines) is 1. The summed E-state index contributed by atoms with van der Waals surface area (Å²) in [6, 6.07) is 6.27. The number of hydrogen-bond donors (Lipinski definition) is 0. The molecule has 0 atom stereocenters. The van der Waals surface area contributed by atoms with E-state index in [0.717, 1.165) is 5.56 Å². The lowest BCUT2D eigenvalue weighted by atomic mass is 10.1. The number of amides is 1. The van der Waals surface area contributed by atoms with Gasteiger partial charge in [-0.15, -0.1) is 0 Å². The monoisotopic (exact) mass is 278 g/mol. The minimum absolute atomic E-state index is 0.0436. The molecule has 1 heterocycles. The second-order valence-corrected chi connectivity index (χ2v) is 5.22. The maximum absolute atomic E-state index is 12.8. The molecule has 20 heavy (non-hydrogen) atoms. The van der Waals surface area contributed by atoms with Gasteiger partial charge in [-0.3, -0.25) is 14.5 Å². The second kappa shape index (κ2) is 6.61. The van der Waals surface area contributed by atoms with Crippen LogP contribution >= 0.6 is 0 Å². The maximum Gasteiger partial charge on any atom is 0.236 e. The molecule has 1 amide bonds. The normalized spacial score (nSPS) is 15.8.